The third kappa shape index (κ3) is 2.63. The van der Waals surface area contributed by atoms with Crippen LogP contribution in [0.3, 0.4) is 0 Å². The molecule has 0 unspecified atom stereocenters. The second-order valence-corrected chi connectivity index (χ2v) is 6.51. The van der Waals surface area contributed by atoms with Crippen molar-refractivity contribution in [1.29, 1.82) is 0 Å². The molecule has 0 bridgehead atoms. The first-order chi connectivity index (χ1) is 10.9. The zero-order valence-corrected chi connectivity index (χ0v) is 13.2. The van der Waals surface area contributed by atoms with Crippen molar-refractivity contribution in [2.45, 2.75) is 25.3 Å². The molecule has 0 saturated carbocycles. The van der Waals surface area contributed by atoms with Crippen molar-refractivity contribution in [2.24, 2.45) is 0 Å². The fraction of sp³-hybridized carbons (Fsp3) is 0.250. The standard InChI is InChI=1S/C16H14N2O4S/c1-16(12-6-7-23-10-12)8-14(19)17(15(16)20)9-11-2-4-13(5-3-11)18(21)22/h2-7,10H,8-9H2,1H3/t16-/m1/s1. The van der Waals surface area contributed by atoms with E-state index in [4.69, 9.17) is 0 Å². The highest BCUT2D eigenvalue weighted by molar-refractivity contribution is 7.08. The maximum atomic E-state index is 12.7. The van der Waals surface area contributed by atoms with E-state index in [1.165, 1.54) is 28.4 Å². The molecule has 23 heavy (non-hydrogen) atoms. The molecule has 2 aromatic rings. The number of nitrogens with zero attached hydrogens (tertiary/aromatic N) is 2. The average molecular weight is 330 g/mol. The van der Waals surface area contributed by atoms with Crippen LogP contribution in [0.15, 0.2) is 41.1 Å². The van der Waals surface area contributed by atoms with Crippen molar-refractivity contribution in [3.63, 3.8) is 0 Å². The van der Waals surface area contributed by atoms with Gasteiger partial charge in [-0.1, -0.05) is 12.1 Å². The molecule has 1 aromatic heterocycles. The molecule has 1 fully saturated rings. The minimum atomic E-state index is -0.822. The summed E-state index contributed by atoms with van der Waals surface area (Å²) in [7, 11) is 0. The van der Waals surface area contributed by atoms with E-state index >= 15 is 0 Å². The quantitative estimate of drug-likeness (QED) is 0.490. The number of carbonyl (C=O) groups is 2. The van der Waals surface area contributed by atoms with Crippen LogP contribution >= 0.6 is 11.3 Å². The number of carbonyl (C=O) groups excluding carboxylic acids is 2. The Morgan fingerprint density at radius 1 is 1.26 bits per heavy atom. The van der Waals surface area contributed by atoms with Gasteiger partial charge in [-0.15, -0.1) is 0 Å². The van der Waals surface area contributed by atoms with E-state index in [0.29, 0.717) is 5.56 Å². The predicted octanol–water partition coefficient (Wildman–Crippen LogP) is 2.87. The predicted molar refractivity (Wildman–Crippen MR) is 84.9 cm³/mol. The van der Waals surface area contributed by atoms with Gasteiger partial charge in [0.2, 0.25) is 11.8 Å². The zero-order chi connectivity index (χ0) is 16.6. The molecular formula is C16H14N2O4S. The van der Waals surface area contributed by atoms with Gasteiger partial charge in [-0.3, -0.25) is 24.6 Å². The summed E-state index contributed by atoms with van der Waals surface area (Å²) in [5.74, 6) is -0.443. The Hall–Kier alpha value is -2.54. The maximum Gasteiger partial charge on any atom is 0.269 e. The largest absolute Gasteiger partial charge is 0.277 e. The first-order valence-corrected chi connectivity index (χ1v) is 7.97. The fourth-order valence-corrected chi connectivity index (χ4v) is 3.54. The molecular weight excluding hydrogens is 316 g/mol. The fourth-order valence-electron chi connectivity index (χ4n) is 2.75. The molecule has 1 aliphatic heterocycles. The number of imide groups is 1. The molecule has 1 aromatic carbocycles. The topological polar surface area (TPSA) is 80.5 Å². The minimum Gasteiger partial charge on any atom is -0.277 e. The summed E-state index contributed by atoms with van der Waals surface area (Å²) in [4.78, 5) is 36.4. The number of amides is 2. The Morgan fingerprint density at radius 2 is 1.96 bits per heavy atom. The van der Waals surface area contributed by atoms with E-state index in [2.05, 4.69) is 0 Å². The molecule has 2 heterocycles. The molecule has 1 saturated heterocycles. The molecule has 7 heteroatoms. The summed E-state index contributed by atoms with van der Waals surface area (Å²) >= 11 is 1.49. The van der Waals surface area contributed by atoms with Gasteiger partial charge in [0.15, 0.2) is 0 Å². The van der Waals surface area contributed by atoms with E-state index in [-0.39, 0.29) is 30.5 Å². The average Bonchev–Trinajstić information content (AvgIpc) is 3.12. The number of hydrogen-bond donors (Lipinski definition) is 0. The minimum absolute atomic E-state index is 0.0177. The highest BCUT2D eigenvalue weighted by atomic mass is 32.1. The summed E-state index contributed by atoms with van der Waals surface area (Å²) in [5.41, 5.74) is 0.701. The number of benzene rings is 1. The SMILES string of the molecule is C[C@]1(c2ccsc2)CC(=O)N(Cc2ccc([N+](=O)[O-])cc2)C1=O. The lowest BCUT2D eigenvalue weighted by molar-refractivity contribution is -0.384. The highest BCUT2D eigenvalue weighted by Gasteiger charge is 2.49. The van der Waals surface area contributed by atoms with E-state index in [9.17, 15) is 19.7 Å². The Bertz CT molecular complexity index is 770. The van der Waals surface area contributed by atoms with Crippen molar-refractivity contribution in [1.82, 2.24) is 4.90 Å². The number of hydrogen-bond acceptors (Lipinski definition) is 5. The Balaban J connectivity index is 1.82. The van der Waals surface area contributed by atoms with Crippen molar-refractivity contribution in [3.05, 3.63) is 62.3 Å². The van der Waals surface area contributed by atoms with Crippen LogP contribution in [0.1, 0.15) is 24.5 Å². The molecule has 0 radical (unpaired) electrons. The van der Waals surface area contributed by atoms with Crippen LogP contribution in [-0.4, -0.2) is 21.6 Å². The number of non-ortho nitro benzene ring substituents is 1. The van der Waals surface area contributed by atoms with E-state index in [1.807, 2.05) is 16.8 Å². The van der Waals surface area contributed by atoms with Gasteiger partial charge in [0, 0.05) is 18.6 Å². The monoisotopic (exact) mass is 330 g/mol. The molecule has 3 rings (SSSR count). The Labute approximate surface area is 136 Å². The van der Waals surface area contributed by atoms with Gasteiger partial charge < -0.3 is 0 Å². The lowest BCUT2D eigenvalue weighted by Crippen LogP contribution is -2.35. The van der Waals surface area contributed by atoms with Gasteiger partial charge in [-0.25, -0.2) is 0 Å². The highest BCUT2D eigenvalue weighted by Crippen LogP contribution is 2.37. The van der Waals surface area contributed by atoms with Gasteiger partial charge in [0.25, 0.3) is 5.69 Å². The van der Waals surface area contributed by atoms with Crippen LogP contribution in [0.5, 0.6) is 0 Å². The van der Waals surface area contributed by atoms with Crippen LogP contribution in [0.25, 0.3) is 0 Å². The van der Waals surface area contributed by atoms with Crippen LogP contribution in [-0.2, 0) is 21.5 Å². The number of rotatable bonds is 4. The van der Waals surface area contributed by atoms with E-state index < -0.39 is 10.3 Å². The number of thiophene rings is 1. The van der Waals surface area contributed by atoms with Gasteiger partial charge in [0.05, 0.1) is 16.9 Å². The first kappa shape index (κ1) is 15.4. The molecule has 118 valence electrons. The molecule has 0 N–H and O–H groups in total. The molecule has 2 amide bonds. The normalized spacial score (nSPS) is 21.0. The Morgan fingerprint density at radius 3 is 2.52 bits per heavy atom. The smallest absolute Gasteiger partial charge is 0.269 e. The van der Waals surface area contributed by atoms with E-state index in [0.717, 1.165) is 5.56 Å². The van der Waals surface area contributed by atoms with Crippen molar-refractivity contribution >= 4 is 28.8 Å². The van der Waals surface area contributed by atoms with Crippen molar-refractivity contribution < 1.29 is 14.5 Å². The van der Waals surface area contributed by atoms with Crippen LogP contribution < -0.4 is 0 Å². The van der Waals surface area contributed by atoms with Crippen molar-refractivity contribution in [3.8, 4) is 0 Å². The second-order valence-electron chi connectivity index (χ2n) is 5.73. The van der Waals surface area contributed by atoms with Gasteiger partial charge in [0.1, 0.15) is 0 Å². The number of nitro groups is 1. The zero-order valence-electron chi connectivity index (χ0n) is 12.4. The summed E-state index contributed by atoms with van der Waals surface area (Å²) in [6, 6.07) is 7.75. The van der Waals surface area contributed by atoms with Crippen molar-refractivity contribution in [2.75, 3.05) is 0 Å². The van der Waals surface area contributed by atoms with E-state index in [1.54, 1.807) is 19.1 Å². The van der Waals surface area contributed by atoms with Gasteiger partial charge in [-0.2, -0.15) is 11.3 Å². The van der Waals surface area contributed by atoms with Crippen LogP contribution in [0.2, 0.25) is 0 Å². The third-order valence-corrected chi connectivity index (χ3v) is 4.85. The van der Waals surface area contributed by atoms with Crippen LogP contribution in [0.4, 0.5) is 5.69 Å². The lowest BCUT2D eigenvalue weighted by atomic mass is 9.83. The van der Waals surface area contributed by atoms with Gasteiger partial charge >= 0.3 is 0 Å². The third-order valence-electron chi connectivity index (χ3n) is 4.17. The first-order valence-electron chi connectivity index (χ1n) is 7.02. The number of likely N-dealkylation sites (tertiary alicyclic amines) is 1. The van der Waals surface area contributed by atoms with Gasteiger partial charge in [-0.05, 0) is 34.9 Å². The summed E-state index contributed by atoms with van der Waals surface area (Å²) in [5, 5.41) is 14.4. The molecule has 0 spiro atoms. The molecule has 6 nitrogen and oxygen atoms in total. The molecule has 1 aliphatic rings. The summed E-state index contributed by atoms with van der Waals surface area (Å²) in [6.45, 7) is 1.92. The summed E-state index contributed by atoms with van der Waals surface area (Å²) < 4.78 is 0. The maximum absolute atomic E-state index is 12.7. The number of nitro benzene ring substituents is 1. The van der Waals surface area contributed by atoms with Crippen LogP contribution in [0, 0.1) is 10.1 Å². The molecule has 0 aliphatic carbocycles. The lowest BCUT2D eigenvalue weighted by Gasteiger charge is -2.21. The molecule has 1 atom stereocenters. The second kappa shape index (κ2) is 5.58. The Kier molecular flexibility index (Phi) is 3.73. The summed E-state index contributed by atoms with van der Waals surface area (Å²) in [6.07, 6.45) is 0.148.